The molecule has 7 nitrogen and oxygen atoms in total. The monoisotopic (exact) mass is 344 g/mol. The van der Waals surface area contributed by atoms with E-state index in [0.29, 0.717) is 51.5 Å². The molecule has 7 heteroatoms. The second-order valence-electron chi connectivity index (χ2n) is 6.09. The number of para-hydroxylation sites is 1. The van der Waals surface area contributed by atoms with Gasteiger partial charge in [0.2, 0.25) is 5.91 Å². The lowest BCUT2D eigenvalue weighted by Crippen LogP contribution is -2.50. The maximum absolute atomic E-state index is 12.7. The molecule has 2 aromatic rings. The second kappa shape index (κ2) is 8.11. The average Bonchev–Trinajstić information content (AvgIpc) is 3.09. The summed E-state index contributed by atoms with van der Waals surface area (Å²) in [6.45, 7) is 5.46. The van der Waals surface area contributed by atoms with E-state index >= 15 is 0 Å². The number of hydrogen-bond acceptors (Lipinski definition) is 4. The van der Waals surface area contributed by atoms with E-state index < -0.39 is 0 Å². The van der Waals surface area contributed by atoms with Gasteiger partial charge in [0.05, 0.1) is 5.52 Å². The smallest absolute Gasteiger partial charge is 0.275 e. The molecule has 3 rings (SSSR count). The van der Waals surface area contributed by atoms with Gasteiger partial charge in [-0.3, -0.25) is 14.7 Å². The van der Waals surface area contributed by atoms with Gasteiger partial charge in [0.25, 0.3) is 5.91 Å². The molecule has 134 valence electrons. The Bertz CT molecular complexity index is 735. The predicted octanol–water partition coefficient (Wildman–Crippen LogP) is 1.66. The zero-order valence-electron chi connectivity index (χ0n) is 14.5. The fraction of sp³-hybridized carbons (Fsp3) is 0.500. The molecule has 2 heterocycles. The fourth-order valence-corrected chi connectivity index (χ4v) is 3.06. The summed E-state index contributed by atoms with van der Waals surface area (Å²) in [5.74, 6) is 0.0536. The van der Waals surface area contributed by atoms with Gasteiger partial charge in [0.15, 0.2) is 5.69 Å². The molecule has 2 amide bonds. The normalized spacial score (nSPS) is 14.9. The molecule has 0 saturated carbocycles. The van der Waals surface area contributed by atoms with E-state index in [2.05, 4.69) is 10.2 Å². The third-order valence-electron chi connectivity index (χ3n) is 4.48. The summed E-state index contributed by atoms with van der Waals surface area (Å²) >= 11 is 0. The quantitative estimate of drug-likeness (QED) is 0.809. The minimum atomic E-state index is -0.0825. The number of nitrogens with one attached hydrogen (secondary N) is 1. The molecule has 0 radical (unpaired) electrons. The number of carbonyl (C=O) groups is 2. The van der Waals surface area contributed by atoms with Gasteiger partial charge < -0.3 is 14.5 Å². The number of H-pyrrole nitrogens is 1. The van der Waals surface area contributed by atoms with Crippen molar-refractivity contribution in [1.82, 2.24) is 20.0 Å². The Morgan fingerprint density at radius 1 is 1.16 bits per heavy atom. The molecule has 0 unspecified atom stereocenters. The molecule has 25 heavy (non-hydrogen) atoms. The number of nitrogens with zero attached hydrogens (tertiary/aromatic N) is 3. The number of rotatable bonds is 6. The van der Waals surface area contributed by atoms with Gasteiger partial charge in [0.1, 0.15) is 0 Å². The van der Waals surface area contributed by atoms with E-state index in [-0.39, 0.29) is 11.8 Å². The van der Waals surface area contributed by atoms with Crippen molar-refractivity contribution in [3.8, 4) is 0 Å². The van der Waals surface area contributed by atoms with Gasteiger partial charge in [0, 0.05) is 51.2 Å². The van der Waals surface area contributed by atoms with Crippen LogP contribution >= 0.6 is 0 Å². The predicted molar refractivity (Wildman–Crippen MR) is 94.3 cm³/mol. The number of aromatic amines is 1. The third-order valence-corrected chi connectivity index (χ3v) is 4.48. The maximum Gasteiger partial charge on any atom is 0.275 e. The number of hydrogen-bond donors (Lipinski definition) is 1. The lowest BCUT2D eigenvalue weighted by atomic mass is 10.2. The second-order valence-corrected chi connectivity index (χ2v) is 6.09. The van der Waals surface area contributed by atoms with E-state index in [9.17, 15) is 9.59 Å². The van der Waals surface area contributed by atoms with E-state index in [1.54, 1.807) is 4.90 Å². The largest absolute Gasteiger partial charge is 0.382 e. The summed E-state index contributed by atoms with van der Waals surface area (Å²) in [6.07, 6.45) is 1.24. The summed E-state index contributed by atoms with van der Waals surface area (Å²) in [7, 11) is 0. The van der Waals surface area contributed by atoms with Crippen LogP contribution in [0.25, 0.3) is 10.9 Å². The van der Waals surface area contributed by atoms with Crippen molar-refractivity contribution in [2.75, 3.05) is 39.4 Å². The van der Waals surface area contributed by atoms with Gasteiger partial charge in [-0.05, 0) is 19.4 Å². The van der Waals surface area contributed by atoms with Crippen molar-refractivity contribution in [3.05, 3.63) is 30.0 Å². The summed E-state index contributed by atoms with van der Waals surface area (Å²) in [4.78, 5) is 28.5. The van der Waals surface area contributed by atoms with Crippen molar-refractivity contribution in [2.45, 2.75) is 19.8 Å². The minimum absolute atomic E-state index is 0.0825. The molecule has 1 aliphatic heterocycles. The Labute approximate surface area is 146 Å². The molecule has 1 aromatic carbocycles. The van der Waals surface area contributed by atoms with Gasteiger partial charge in [-0.1, -0.05) is 18.2 Å². The Kier molecular flexibility index (Phi) is 5.65. The van der Waals surface area contributed by atoms with Gasteiger partial charge in [-0.25, -0.2) is 0 Å². The summed E-state index contributed by atoms with van der Waals surface area (Å²) < 4.78 is 5.26. The van der Waals surface area contributed by atoms with Crippen LogP contribution in [0.3, 0.4) is 0 Å². The van der Waals surface area contributed by atoms with Crippen LogP contribution in [0.1, 0.15) is 30.3 Å². The van der Waals surface area contributed by atoms with Crippen LogP contribution in [0.4, 0.5) is 0 Å². The topological polar surface area (TPSA) is 78.5 Å². The Morgan fingerprint density at radius 2 is 1.88 bits per heavy atom. The van der Waals surface area contributed by atoms with Crippen LogP contribution in [0.15, 0.2) is 24.3 Å². The standard InChI is InChI=1S/C18H24N4O3/c1-2-25-13-5-8-16(23)21-9-11-22(12-10-21)18(24)17-14-6-3-4-7-15(14)19-20-17/h3-4,6-7H,2,5,8-13H2,1H3,(H,19,20). The number of aromatic nitrogens is 2. The van der Waals surface area contributed by atoms with Crippen molar-refractivity contribution in [3.63, 3.8) is 0 Å². The summed E-state index contributed by atoms with van der Waals surface area (Å²) in [6, 6.07) is 7.60. The molecule has 1 saturated heterocycles. The Hall–Kier alpha value is -2.41. The summed E-state index contributed by atoms with van der Waals surface area (Å²) in [5.41, 5.74) is 1.31. The van der Waals surface area contributed by atoms with E-state index in [1.165, 1.54) is 0 Å². The van der Waals surface area contributed by atoms with E-state index in [4.69, 9.17) is 4.74 Å². The maximum atomic E-state index is 12.7. The first-order chi connectivity index (χ1) is 12.2. The van der Waals surface area contributed by atoms with Crippen LogP contribution in [0, 0.1) is 0 Å². The van der Waals surface area contributed by atoms with Crippen molar-refractivity contribution in [2.24, 2.45) is 0 Å². The number of benzene rings is 1. The first-order valence-corrected chi connectivity index (χ1v) is 8.78. The van der Waals surface area contributed by atoms with E-state index in [1.807, 2.05) is 36.1 Å². The minimum Gasteiger partial charge on any atom is -0.382 e. The van der Waals surface area contributed by atoms with Crippen LogP contribution in [-0.4, -0.2) is 71.2 Å². The molecule has 0 spiro atoms. The molecule has 1 aromatic heterocycles. The SMILES string of the molecule is CCOCCCC(=O)N1CCN(C(=O)c2n[nH]c3ccccc23)CC1. The Balaban J connectivity index is 1.53. The molecule has 0 atom stereocenters. The van der Waals surface area contributed by atoms with Gasteiger partial charge in [-0.15, -0.1) is 0 Å². The van der Waals surface area contributed by atoms with Crippen LogP contribution in [0.5, 0.6) is 0 Å². The van der Waals surface area contributed by atoms with Crippen LogP contribution in [0.2, 0.25) is 0 Å². The van der Waals surface area contributed by atoms with Crippen molar-refractivity contribution < 1.29 is 14.3 Å². The average molecular weight is 344 g/mol. The third kappa shape index (κ3) is 3.99. The highest BCUT2D eigenvalue weighted by atomic mass is 16.5. The zero-order valence-corrected chi connectivity index (χ0v) is 14.5. The first-order valence-electron chi connectivity index (χ1n) is 8.78. The van der Waals surface area contributed by atoms with Gasteiger partial charge in [-0.2, -0.15) is 5.10 Å². The molecule has 1 fully saturated rings. The van der Waals surface area contributed by atoms with Crippen LogP contribution < -0.4 is 0 Å². The van der Waals surface area contributed by atoms with Crippen LogP contribution in [-0.2, 0) is 9.53 Å². The highest BCUT2D eigenvalue weighted by molar-refractivity contribution is 6.04. The molecule has 1 N–H and O–H groups in total. The highest BCUT2D eigenvalue weighted by Gasteiger charge is 2.26. The molecule has 1 aliphatic rings. The summed E-state index contributed by atoms with van der Waals surface area (Å²) in [5, 5.41) is 7.90. The number of carbonyl (C=O) groups excluding carboxylic acids is 2. The molecule has 0 bridgehead atoms. The molecule has 0 aliphatic carbocycles. The molecular weight excluding hydrogens is 320 g/mol. The van der Waals surface area contributed by atoms with Crippen molar-refractivity contribution in [1.29, 1.82) is 0 Å². The number of amides is 2. The number of fused-ring (bicyclic) bond motifs is 1. The lowest BCUT2D eigenvalue weighted by Gasteiger charge is -2.34. The van der Waals surface area contributed by atoms with Gasteiger partial charge >= 0.3 is 0 Å². The van der Waals surface area contributed by atoms with E-state index in [0.717, 1.165) is 17.3 Å². The highest BCUT2D eigenvalue weighted by Crippen LogP contribution is 2.18. The molecular formula is C18H24N4O3. The number of ether oxygens (including phenoxy) is 1. The van der Waals surface area contributed by atoms with Crippen molar-refractivity contribution >= 4 is 22.7 Å². The fourth-order valence-electron chi connectivity index (χ4n) is 3.06. The lowest BCUT2D eigenvalue weighted by molar-refractivity contribution is -0.133. The zero-order chi connectivity index (χ0) is 17.6. The first kappa shape index (κ1) is 17.4. The number of piperazine rings is 1. The Morgan fingerprint density at radius 3 is 2.64 bits per heavy atom.